The highest BCUT2D eigenvalue weighted by Crippen LogP contribution is 2.49. The van der Waals surface area contributed by atoms with Gasteiger partial charge in [-0.1, -0.05) is 29.4 Å². The van der Waals surface area contributed by atoms with E-state index in [0.717, 1.165) is 5.56 Å². The van der Waals surface area contributed by atoms with Crippen LogP contribution in [0.1, 0.15) is 11.5 Å². The molecule has 2 rings (SSSR count). The van der Waals surface area contributed by atoms with Crippen LogP contribution in [0.3, 0.4) is 0 Å². The molecular weight excluding hydrogens is 350 g/mol. The molecule has 0 saturated carbocycles. The van der Waals surface area contributed by atoms with Gasteiger partial charge in [-0.3, -0.25) is 9.05 Å². The largest absolute Gasteiger partial charge is 0.471 e. The molecule has 0 bridgehead atoms. The maximum absolute atomic E-state index is 12.5. The highest BCUT2D eigenvalue weighted by molar-refractivity contribution is 7.51. The van der Waals surface area contributed by atoms with Crippen LogP contribution in [-0.2, 0) is 26.3 Å². The van der Waals surface area contributed by atoms with Crippen LogP contribution in [0.5, 0.6) is 0 Å². The Hall–Kier alpha value is -1.74. The zero-order valence-corrected chi connectivity index (χ0v) is 14.0. The molecule has 7 nitrogen and oxygen atoms in total. The van der Waals surface area contributed by atoms with Crippen molar-refractivity contribution >= 4 is 7.75 Å². The van der Waals surface area contributed by atoms with Gasteiger partial charge in [0.25, 0.3) is 0 Å². The van der Waals surface area contributed by atoms with Gasteiger partial charge < -0.3 is 4.52 Å². The minimum atomic E-state index is -4.69. The van der Waals surface area contributed by atoms with Crippen molar-refractivity contribution in [3.63, 3.8) is 0 Å². The van der Waals surface area contributed by atoms with Gasteiger partial charge in [-0.2, -0.15) is 18.2 Å². The van der Waals surface area contributed by atoms with Crippen LogP contribution in [0, 0.1) is 0 Å². The Kier molecular flexibility index (Phi) is 5.44. The van der Waals surface area contributed by atoms with Crippen LogP contribution in [-0.4, -0.2) is 36.1 Å². The molecule has 1 heterocycles. The van der Waals surface area contributed by atoms with E-state index in [1.54, 1.807) is 31.3 Å². The Bertz CT molecular complexity index is 725. The fourth-order valence-corrected chi connectivity index (χ4v) is 2.96. The molecule has 0 aliphatic rings. The number of hydrogen-bond donors (Lipinski definition) is 0. The third kappa shape index (κ3) is 4.02. The van der Waals surface area contributed by atoms with E-state index in [0.29, 0.717) is 5.56 Å². The second-order valence-electron chi connectivity index (χ2n) is 4.77. The Balaban J connectivity index is 2.14. The Morgan fingerprint density at radius 2 is 1.79 bits per heavy atom. The van der Waals surface area contributed by atoms with Gasteiger partial charge in [0.05, 0.1) is 0 Å². The highest BCUT2D eigenvalue weighted by atomic mass is 31.2. The number of aromatic nitrogens is 2. The molecule has 1 aromatic carbocycles. The van der Waals surface area contributed by atoms with E-state index < -0.39 is 19.8 Å². The summed E-state index contributed by atoms with van der Waals surface area (Å²) >= 11 is 0. The predicted octanol–water partition coefficient (Wildman–Crippen LogP) is 3.59. The van der Waals surface area contributed by atoms with E-state index >= 15 is 0 Å². The molecule has 0 aliphatic heterocycles. The summed E-state index contributed by atoms with van der Waals surface area (Å²) in [4.78, 5) is 3.31. The summed E-state index contributed by atoms with van der Waals surface area (Å²) in [7, 11) is 0.764. The highest BCUT2D eigenvalue weighted by Gasteiger charge is 2.38. The number of hydrogen-bond acceptors (Lipinski definition) is 6. The molecule has 0 spiro atoms. The van der Waals surface area contributed by atoms with Crippen molar-refractivity contribution in [3.05, 3.63) is 35.7 Å². The first-order valence-electron chi connectivity index (χ1n) is 6.63. The molecule has 0 aliphatic carbocycles. The van der Waals surface area contributed by atoms with Crippen molar-refractivity contribution in [2.24, 2.45) is 0 Å². The first-order valence-corrected chi connectivity index (χ1v) is 8.12. The lowest BCUT2D eigenvalue weighted by Gasteiger charge is -2.24. The zero-order valence-electron chi connectivity index (χ0n) is 13.1. The Morgan fingerprint density at radius 3 is 2.25 bits per heavy atom. The SMILES string of the molecule is COP(=O)(OC)N(C)Cc1ccc(-c2noc(C(F)(F)F)n2)cc1. The van der Waals surface area contributed by atoms with Gasteiger partial charge in [0.2, 0.25) is 5.82 Å². The molecule has 2 aromatic rings. The summed E-state index contributed by atoms with van der Waals surface area (Å²) in [6, 6.07) is 6.37. The lowest BCUT2D eigenvalue weighted by molar-refractivity contribution is -0.159. The van der Waals surface area contributed by atoms with Crippen molar-refractivity contribution in [2.75, 3.05) is 21.3 Å². The maximum atomic E-state index is 12.5. The summed E-state index contributed by atoms with van der Waals surface area (Å²) < 4.78 is 64.9. The molecule has 132 valence electrons. The van der Waals surface area contributed by atoms with E-state index in [9.17, 15) is 17.7 Å². The summed E-state index contributed by atoms with van der Waals surface area (Å²) in [5.74, 6) is -1.57. The first-order chi connectivity index (χ1) is 11.2. The van der Waals surface area contributed by atoms with Crippen LogP contribution >= 0.6 is 7.75 Å². The third-order valence-corrected chi connectivity index (χ3v) is 5.07. The summed E-state index contributed by atoms with van der Waals surface area (Å²) in [5.41, 5.74) is 1.11. The quantitative estimate of drug-likeness (QED) is 0.724. The van der Waals surface area contributed by atoms with E-state index in [1.165, 1.54) is 18.9 Å². The van der Waals surface area contributed by atoms with Crippen molar-refractivity contribution in [1.82, 2.24) is 14.8 Å². The second-order valence-corrected chi connectivity index (χ2v) is 7.12. The normalized spacial score (nSPS) is 12.8. The average Bonchev–Trinajstić information content (AvgIpc) is 3.05. The van der Waals surface area contributed by atoms with Crippen molar-refractivity contribution in [2.45, 2.75) is 12.7 Å². The van der Waals surface area contributed by atoms with Gasteiger partial charge >= 0.3 is 19.8 Å². The third-order valence-electron chi connectivity index (χ3n) is 3.17. The smallest absolute Gasteiger partial charge is 0.329 e. The number of alkyl halides is 3. The zero-order chi connectivity index (χ0) is 18.0. The number of benzene rings is 1. The molecule has 0 radical (unpaired) electrons. The lowest BCUT2D eigenvalue weighted by Crippen LogP contribution is -2.16. The van der Waals surface area contributed by atoms with Crippen LogP contribution < -0.4 is 0 Å². The molecule has 0 fully saturated rings. The second kappa shape index (κ2) is 7.02. The Morgan fingerprint density at radius 1 is 1.21 bits per heavy atom. The molecule has 0 unspecified atom stereocenters. The van der Waals surface area contributed by atoms with Crippen LogP contribution in [0.4, 0.5) is 13.2 Å². The fourth-order valence-electron chi connectivity index (χ4n) is 1.92. The molecule has 11 heteroatoms. The number of rotatable bonds is 6. The van der Waals surface area contributed by atoms with Crippen LogP contribution in [0.15, 0.2) is 28.8 Å². The molecule has 0 atom stereocenters. The minimum Gasteiger partial charge on any atom is -0.329 e. The van der Waals surface area contributed by atoms with Crippen molar-refractivity contribution < 1.29 is 31.3 Å². The maximum Gasteiger partial charge on any atom is 0.471 e. The topological polar surface area (TPSA) is 77.7 Å². The standard InChI is InChI=1S/C13H15F3N3O4P/c1-19(24(20,21-2)22-3)8-9-4-6-10(7-5-9)11-17-12(23-18-11)13(14,15)16/h4-7H,8H2,1-3H3. The monoisotopic (exact) mass is 365 g/mol. The van der Waals surface area contributed by atoms with E-state index in [-0.39, 0.29) is 12.4 Å². The van der Waals surface area contributed by atoms with Gasteiger partial charge in [-0.25, -0.2) is 9.24 Å². The number of nitrogens with zero attached hydrogens (tertiary/aromatic N) is 3. The van der Waals surface area contributed by atoms with Gasteiger partial charge in [-0.05, 0) is 12.6 Å². The van der Waals surface area contributed by atoms with Gasteiger partial charge in [-0.15, -0.1) is 0 Å². The molecule has 1 aromatic heterocycles. The summed E-state index contributed by atoms with van der Waals surface area (Å²) in [6.07, 6.45) is -4.69. The fraction of sp³-hybridized carbons (Fsp3) is 0.385. The predicted molar refractivity (Wildman–Crippen MR) is 77.8 cm³/mol. The summed E-state index contributed by atoms with van der Waals surface area (Å²) in [5, 5.41) is 3.31. The first kappa shape index (κ1) is 18.6. The van der Waals surface area contributed by atoms with Crippen LogP contribution in [0.2, 0.25) is 0 Å². The Labute approximate surface area is 136 Å². The van der Waals surface area contributed by atoms with Crippen LogP contribution in [0.25, 0.3) is 11.4 Å². The van der Waals surface area contributed by atoms with E-state index in [2.05, 4.69) is 14.7 Å². The van der Waals surface area contributed by atoms with E-state index in [4.69, 9.17) is 9.05 Å². The number of halogens is 3. The minimum absolute atomic E-state index is 0.165. The van der Waals surface area contributed by atoms with Crippen molar-refractivity contribution in [1.29, 1.82) is 0 Å². The van der Waals surface area contributed by atoms with Gasteiger partial charge in [0, 0.05) is 26.3 Å². The van der Waals surface area contributed by atoms with Gasteiger partial charge in [0.1, 0.15) is 0 Å². The average molecular weight is 365 g/mol. The lowest BCUT2D eigenvalue weighted by atomic mass is 10.1. The molecule has 24 heavy (non-hydrogen) atoms. The van der Waals surface area contributed by atoms with Crippen molar-refractivity contribution in [3.8, 4) is 11.4 Å². The molecule has 0 N–H and O–H groups in total. The molecule has 0 saturated heterocycles. The van der Waals surface area contributed by atoms with E-state index in [1.807, 2.05) is 0 Å². The molecular formula is C13H15F3N3O4P. The summed E-state index contributed by atoms with van der Waals surface area (Å²) in [6.45, 7) is 0.249. The molecule has 0 amide bonds. The van der Waals surface area contributed by atoms with Gasteiger partial charge in [0.15, 0.2) is 0 Å².